The first-order chi connectivity index (χ1) is 13.5. The van der Waals surface area contributed by atoms with E-state index in [0.29, 0.717) is 12.8 Å². The fraction of sp³-hybridized carbons (Fsp3) is 0.211. The number of aromatic nitrogens is 2. The van der Waals surface area contributed by atoms with Crippen LogP contribution >= 0.6 is 11.8 Å². The average Bonchev–Trinajstić information content (AvgIpc) is 3.12. The maximum atomic E-state index is 12.3. The lowest BCUT2D eigenvalue weighted by Gasteiger charge is -2.02. The maximum absolute atomic E-state index is 12.3. The van der Waals surface area contributed by atoms with Crippen molar-refractivity contribution in [2.45, 2.75) is 28.4 Å². The summed E-state index contributed by atoms with van der Waals surface area (Å²) in [6.07, 6.45) is 0.995. The van der Waals surface area contributed by atoms with E-state index in [-0.39, 0.29) is 22.7 Å². The summed E-state index contributed by atoms with van der Waals surface area (Å²) in [5, 5.41) is 9.90. The molecule has 0 aliphatic heterocycles. The van der Waals surface area contributed by atoms with Crippen molar-refractivity contribution in [1.82, 2.24) is 10.2 Å². The third kappa shape index (κ3) is 5.93. The molecular formula is C19H19N3O4S2. The summed E-state index contributed by atoms with van der Waals surface area (Å²) in [5.74, 6) is 0.0590. The number of hydrogen-bond donors (Lipinski definition) is 1. The van der Waals surface area contributed by atoms with E-state index in [9.17, 15) is 13.2 Å². The lowest BCUT2D eigenvalue weighted by atomic mass is 10.3. The van der Waals surface area contributed by atoms with Crippen LogP contribution in [0.3, 0.4) is 0 Å². The Hall–Kier alpha value is -2.65. The molecule has 1 amide bonds. The van der Waals surface area contributed by atoms with E-state index in [1.807, 2.05) is 30.3 Å². The predicted octanol–water partition coefficient (Wildman–Crippen LogP) is 3.55. The molecule has 0 saturated heterocycles. The van der Waals surface area contributed by atoms with E-state index in [1.54, 1.807) is 30.0 Å². The van der Waals surface area contributed by atoms with Gasteiger partial charge < -0.3 is 4.42 Å². The smallest absolute Gasteiger partial charge is 0.322 e. The molecule has 3 rings (SSSR count). The van der Waals surface area contributed by atoms with Gasteiger partial charge in [0.25, 0.3) is 0 Å². The number of anilines is 1. The summed E-state index contributed by atoms with van der Waals surface area (Å²) in [4.78, 5) is 13.3. The van der Waals surface area contributed by atoms with Crippen molar-refractivity contribution < 1.29 is 17.6 Å². The molecule has 146 valence electrons. The van der Waals surface area contributed by atoms with Gasteiger partial charge in [-0.1, -0.05) is 41.5 Å². The molecule has 28 heavy (non-hydrogen) atoms. The van der Waals surface area contributed by atoms with Crippen molar-refractivity contribution in [2.75, 3.05) is 11.1 Å². The Morgan fingerprint density at radius 2 is 1.68 bits per heavy atom. The van der Waals surface area contributed by atoms with Crippen molar-refractivity contribution in [3.8, 4) is 0 Å². The van der Waals surface area contributed by atoms with Gasteiger partial charge in [-0.3, -0.25) is 10.1 Å². The summed E-state index contributed by atoms with van der Waals surface area (Å²) in [6, 6.07) is 17.9. The van der Waals surface area contributed by atoms with Crippen LogP contribution in [0.5, 0.6) is 0 Å². The third-order valence-corrected chi connectivity index (χ3v) is 6.40. The maximum Gasteiger partial charge on any atom is 0.322 e. The van der Waals surface area contributed by atoms with Crippen LogP contribution in [0.1, 0.15) is 18.7 Å². The van der Waals surface area contributed by atoms with Crippen molar-refractivity contribution in [3.05, 3.63) is 66.6 Å². The number of carbonyl (C=O) groups is 1. The highest BCUT2D eigenvalue weighted by molar-refractivity contribution is 7.99. The molecule has 7 nitrogen and oxygen atoms in total. The standard InChI is InChI=1S/C19H19N3O4S2/c23-17(12-7-13-27-15-8-3-1-4-9-15)20-19-22-21-18(26-19)14-28(24,25)16-10-5-2-6-11-16/h1-6,8-11H,7,12-14H2,(H,20,22,23). The van der Waals surface area contributed by atoms with Crippen molar-refractivity contribution in [1.29, 1.82) is 0 Å². The zero-order valence-corrected chi connectivity index (χ0v) is 16.6. The van der Waals surface area contributed by atoms with Gasteiger partial charge in [0.05, 0.1) is 4.90 Å². The number of nitrogens with zero attached hydrogens (tertiary/aromatic N) is 2. The van der Waals surface area contributed by atoms with Crippen molar-refractivity contribution >= 4 is 33.5 Å². The monoisotopic (exact) mass is 417 g/mol. The highest BCUT2D eigenvalue weighted by Gasteiger charge is 2.19. The van der Waals surface area contributed by atoms with Gasteiger partial charge >= 0.3 is 6.01 Å². The Labute approximate surface area is 167 Å². The molecule has 0 saturated carbocycles. The quantitative estimate of drug-likeness (QED) is 0.419. The van der Waals surface area contributed by atoms with Crippen molar-refractivity contribution in [2.24, 2.45) is 0 Å². The molecule has 9 heteroatoms. The molecule has 0 fully saturated rings. The summed E-state index contributed by atoms with van der Waals surface area (Å²) < 4.78 is 29.9. The Morgan fingerprint density at radius 1 is 1.00 bits per heavy atom. The molecule has 0 bridgehead atoms. The molecule has 0 atom stereocenters. The van der Waals surface area contributed by atoms with E-state index in [1.165, 1.54) is 12.1 Å². The van der Waals surface area contributed by atoms with Crippen LogP contribution in [0.25, 0.3) is 0 Å². The fourth-order valence-corrected chi connectivity index (χ4v) is 4.41. The van der Waals surface area contributed by atoms with Gasteiger partial charge in [-0.2, -0.15) is 0 Å². The second-order valence-corrected chi connectivity index (χ2v) is 9.04. The minimum Gasteiger partial charge on any atom is -0.407 e. The van der Waals surface area contributed by atoms with E-state index in [2.05, 4.69) is 15.5 Å². The van der Waals surface area contributed by atoms with Crippen LogP contribution < -0.4 is 5.32 Å². The SMILES string of the molecule is O=C(CCCSc1ccccc1)Nc1nnc(CS(=O)(=O)c2ccccc2)o1. The van der Waals surface area contributed by atoms with Crippen LogP contribution in [0.4, 0.5) is 6.01 Å². The predicted molar refractivity (Wildman–Crippen MR) is 107 cm³/mol. The molecule has 0 spiro atoms. The van der Waals surface area contributed by atoms with Crippen LogP contribution in [0.15, 0.2) is 74.9 Å². The number of benzene rings is 2. The average molecular weight is 418 g/mol. The largest absolute Gasteiger partial charge is 0.407 e. The van der Waals surface area contributed by atoms with Gasteiger partial charge in [0.15, 0.2) is 9.84 Å². The zero-order chi connectivity index (χ0) is 19.8. The topological polar surface area (TPSA) is 102 Å². The molecule has 0 radical (unpaired) electrons. The summed E-state index contributed by atoms with van der Waals surface area (Å²) in [6.45, 7) is 0. The summed E-state index contributed by atoms with van der Waals surface area (Å²) in [7, 11) is -3.58. The lowest BCUT2D eigenvalue weighted by Crippen LogP contribution is -2.11. The minimum absolute atomic E-state index is 0.0706. The molecule has 0 aliphatic carbocycles. The summed E-state index contributed by atoms with van der Waals surface area (Å²) in [5.41, 5.74) is 0. The van der Waals surface area contributed by atoms with Gasteiger partial charge in [0.2, 0.25) is 11.8 Å². The number of nitrogens with one attached hydrogen (secondary N) is 1. The number of amides is 1. The van der Waals surface area contributed by atoms with Crippen LogP contribution in [-0.4, -0.2) is 30.3 Å². The van der Waals surface area contributed by atoms with Crippen LogP contribution in [0.2, 0.25) is 0 Å². The molecule has 0 unspecified atom stereocenters. The highest BCUT2D eigenvalue weighted by Crippen LogP contribution is 2.19. The molecule has 3 aromatic rings. The Kier molecular flexibility index (Phi) is 6.83. The first-order valence-corrected chi connectivity index (χ1v) is 11.2. The van der Waals surface area contributed by atoms with Gasteiger partial charge in [-0.15, -0.1) is 16.9 Å². The van der Waals surface area contributed by atoms with Crippen LogP contribution in [-0.2, 0) is 20.4 Å². The zero-order valence-electron chi connectivity index (χ0n) is 14.9. The van der Waals surface area contributed by atoms with E-state index in [4.69, 9.17) is 4.42 Å². The molecular weight excluding hydrogens is 398 g/mol. The number of thioether (sulfide) groups is 1. The van der Waals surface area contributed by atoms with Gasteiger partial charge in [0, 0.05) is 11.3 Å². The molecule has 0 aliphatic rings. The Balaban J connectivity index is 1.45. The van der Waals surface area contributed by atoms with Crippen LogP contribution in [0, 0.1) is 0 Å². The second-order valence-electron chi connectivity index (χ2n) is 5.89. The molecule has 1 aromatic heterocycles. The van der Waals surface area contributed by atoms with Crippen molar-refractivity contribution in [3.63, 3.8) is 0 Å². The fourth-order valence-electron chi connectivity index (χ4n) is 2.36. The van der Waals surface area contributed by atoms with Gasteiger partial charge in [0.1, 0.15) is 5.75 Å². The second kappa shape index (κ2) is 9.52. The first kappa shape index (κ1) is 20.1. The molecule has 1 N–H and O–H groups in total. The highest BCUT2D eigenvalue weighted by atomic mass is 32.2. The number of hydrogen-bond acceptors (Lipinski definition) is 7. The number of carbonyl (C=O) groups excluding carboxylic acids is 1. The lowest BCUT2D eigenvalue weighted by molar-refractivity contribution is -0.116. The number of sulfone groups is 1. The molecule has 1 heterocycles. The van der Waals surface area contributed by atoms with Gasteiger partial charge in [-0.25, -0.2) is 8.42 Å². The van der Waals surface area contributed by atoms with E-state index in [0.717, 1.165) is 10.6 Å². The Bertz CT molecular complexity index is 1010. The van der Waals surface area contributed by atoms with Gasteiger partial charge in [-0.05, 0) is 36.4 Å². The van der Waals surface area contributed by atoms with E-state index < -0.39 is 15.6 Å². The summed E-state index contributed by atoms with van der Waals surface area (Å²) >= 11 is 1.68. The minimum atomic E-state index is -3.58. The van der Waals surface area contributed by atoms with E-state index >= 15 is 0 Å². The first-order valence-electron chi connectivity index (χ1n) is 8.61. The third-order valence-electron chi connectivity index (χ3n) is 3.69. The Morgan fingerprint density at radius 3 is 2.39 bits per heavy atom. The number of rotatable bonds is 9. The normalized spacial score (nSPS) is 11.3. The molecule has 2 aromatic carbocycles.